The van der Waals surface area contributed by atoms with Crippen molar-refractivity contribution in [2.45, 2.75) is 13.5 Å². The number of carbonyl (C=O) groups excluding carboxylic acids is 3. The van der Waals surface area contributed by atoms with E-state index >= 15 is 0 Å². The van der Waals surface area contributed by atoms with Gasteiger partial charge >= 0.3 is 6.03 Å². The second kappa shape index (κ2) is 10.7. The van der Waals surface area contributed by atoms with Gasteiger partial charge in [0, 0.05) is 10.6 Å². The molecule has 0 N–H and O–H groups in total. The molecule has 0 aliphatic carbocycles. The molecule has 0 radical (unpaired) electrons. The molecule has 5 rings (SSSR count). The van der Waals surface area contributed by atoms with Crippen LogP contribution in [-0.2, 0) is 16.2 Å². The van der Waals surface area contributed by atoms with Crippen molar-refractivity contribution in [1.82, 2.24) is 0 Å². The fourth-order valence-corrected chi connectivity index (χ4v) is 4.40. The molecule has 0 saturated carbocycles. The summed E-state index contributed by atoms with van der Waals surface area (Å²) in [5.74, 6) is -1.02. The van der Waals surface area contributed by atoms with E-state index in [1.807, 2.05) is 31.2 Å². The molecule has 0 bridgehead atoms. The second-order valence-corrected chi connectivity index (χ2v) is 9.19. The minimum absolute atomic E-state index is 0.194. The Kier molecular flexibility index (Phi) is 7.07. The Hall–Kier alpha value is -4.68. The first kappa shape index (κ1) is 25.0. The highest BCUT2D eigenvalue weighted by Gasteiger charge is 2.43. The number of aryl methyl sites for hydroxylation is 1. The summed E-state index contributed by atoms with van der Waals surface area (Å²) in [4.78, 5) is 42.8. The Labute approximate surface area is 225 Å². The smallest absolute Gasteiger partial charge is 0.343 e. The second-order valence-electron chi connectivity index (χ2n) is 8.75. The standard InChI is InChI=1S/C31H23ClN2O4/c1-21-9-8-10-22(17-21)20-38-28-16-15-24(32)18-23(28)19-27-29(35)33(25-11-4-2-5-12-25)31(37)34(30(27)36)26-13-6-3-7-14-26/h2-19H,20H2,1H3. The van der Waals surface area contributed by atoms with Crippen molar-refractivity contribution >= 4 is 46.9 Å². The maximum atomic E-state index is 13.7. The van der Waals surface area contributed by atoms with Gasteiger partial charge in [-0.1, -0.05) is 77.8 Å². The lowest BCUT2D eigenvalue weighted by Crippen LogP contribution is -2.57. The van der Waals surface area contributed by atoms with Crippen LogP contribution in [0.25, 0.3) is 6.08 Å². The van der Waals surface area contributed by atoms with Crippen LogP contribution in [0.4, 0.5) is 16.2 Å². The summed E-state index contributed by atoms with van der Waals surface area (Å²) in [7, 11) is 0. The zero-order valence-corrected chi connectivity index (χ0v) is 21.3. The lowest BCUT2D eigenvalue weighted by atomic mass is 10.0. The molecule has 188 valence electrons. The molecule has 0 atom stereocenters. The molecule has 1 aliphatic rings. The number of para-hydroxylation sites is 2. The van der Waals surface area contributed by atoms with E-state index in [4.69, 9.17) is 16.3 Å². The van der Waals surface area contributed by atoms with Gasteiger partial charge in [0.05, 0.1) is 11.4 Å². The van der Waals surface area contributed by atoms with Crippen LogP contribution in [0, 0.1) is 6.92 Å². The van der Waals surface area contributed by atoms with Crippen LogP contribution in [0.5, 0.6) is 5.75 Å². The monoisotopic (exact) mass is 522 g/mol. The van der Waals surface area contributed by atoms with Crippen LogP contribution in [0.15, 0.2) is 109 Å². The SMILES string of the molecule is Cc1cccc(COc2ccc(Cl)cc2C=C2C(=O)N(c3ccccc3)C(=O)N(c3ccccc3)C2=O)c1. The number of rotatable bonds is 6. The van der Waals surface area contributed by atoms with Crippen molar-refractivity contribution in [2.75, 3.05) is 9.80 Å². The van der Waals surface area contributed by atoms with Crippen molar-refractivity contribution in [3.63, 3.8) is 0 Å². The number of nitrogens with zero attached hydrogens (tertiary/aromatic N) is 2. The van der Waals surface area contributed by atoms with Gasteiger partial charge in [0.25, 0.3) is 11.8 Å². The van der Waals surface area contributed by atoms with Gasteiger partial charge in [-0.25, -0.2) is 14.6 Å². The third-order valence-corrected chi connectivity index (χ3v) is 6.26. The number of carbonyl (C=O) groups is 3. The van der Waals surface area contributed by atoms with Gasteiger partial charge in [0.15, 0.2) is 0 Å². The van der Waals surface area contributed by atoms with Crippen LogP contribution >= 0.6 is 11.6 Å². The summed E-state index contributed by atoms with van der Waals surface area (Å²) in [6, 6.07) is 29.2. The van der Waals surface area contributed by atoms with Gasteiger partial charge in [-0.05, 0) is 61.0 Å². The first-order valence-corrected chi connectivity index (χ1v) is 12.3. The van der Waals surface area contributed by atoms with Crippen LogP contribution in [0.1, 0.15) is 16.7 Å². The summed E-state index contributed by atoms with van der Waals surface area (Å²) < 4.78 is 6.07. The summed E-state index contributed by atoms with van der Waals surface area (Å²) in [5.41, 5.74) is 3.03. The summed E-state index contributed by atoms with van der Waals surface area (Å²) in [6.07, 6.45) is 1.43. The van der Waals surface area contributed by atoms with Crippen molar-refractivity contribution in [2.24, 2.45) is 0 Å². The fourth-order valence-electron chi connectivity index (χ4n) is 4.22. The molecular formula is C31H23ClN2O4. The molecule has 6 nitrogen and oxygen atoms in total. The predicted molar refractivity (Wildman–Crippen MR) is 148 cm³/mol. The summed E-state index contributed by atoms with van der Waals surface area (Å²) >= 11 is 6.29. The van der Waals surface area contributed by atoms with Gasteiger partial charge in [-0.15, -0.1) is 0 Å². The third-order valence-electron chi connectivity index (χ3n) is 6.03. The predicted octanol–water partition coefficient (Wildman–Crippen LogP) is 6.81. The maximum absolute atomic E-state index is 13.7. The van der Waals surface area contributed by atoms with Crippen LogP contribution in [-0.4, -0.2) is 17.8 Å². The lowest BCUT2D eigenvalue weighted by Gasteiger charge is -2.34. The Balaban J connectivity index is 1.58. The van der Waals surface area contributed by atoms with Gasteiger partial charge in [0.1, 0.15) is 17.9 Å². The highest BCUT2D eigenvalue weighted by Crippen LogP contribution is 2.32. The number of amides is 4. The van der Waals surface area contributed by atoms with Crippen molar-refractivity contribution in [3.05, 3.63) is 130 Å². The molecule has 4 aromatic carbocycles. The molecule has 1 heterocycles. The molecule has 0 aromatic heterocycles. The number of hydrogen-bond acceptors (Lipinski definition) is 4. The van der Waals surface area contributed by atoms with E-state index in [1.165, 1.54) is 6.08 Å². The molecule has 0 spiro atoms. The quantitative estimate of drug-likeness (QED) is 0.206. The minimum atomic E-state index is -0.753. The van der Waals surface area contributed by atoms with E-state index in [1.54, 1.807) is 78.9 Å². The van der Waals surface area contributed by atoms with E-state index < -0.39 is 17.8 Å². The number of imide groups is 2. The average Bonchev–Trinajstić information content (AvgIpc) is 2.92. The largest absolute Gasteiger partial charge is 0.488 e. The number of ether oxygens (including phenoxy) is 1. The highest BCUT2D eigenvalue weighted by atomic mass is 35.5. The van der Waals surface area contributed by atoms with Crippen molar-refractivity contribution in [1.29, 1.82) is 0 Å². The molecule has 1 aliphatic heterocycles. The normalized spacial score (nSPS) is 13.6. The molecule has 4 amide bonds. The molecule has 38 heavy (non-hydrogen) atoms. The summed E-state index contributed by atoms with van der Waals surface area (Å²) in [5, 5.41) is 0.409. The number of benzene rings is 4. The summed E-state index contributed by atoms with van der Waals surface area (Å²) in [6.45, 7) is 2.28. The van der Waals surface area contributed by atoms with Gasteiger partial charge < -0.3 is 4.74 Å². The first-order valence-electron chi connectivity index (χ1n) is 11.9. The molecule has 4 aromatic rings. The van der Waals surface area contributed by atoms with E-state index in [9.17, 15) is 14.4 Å². The van der Waals surface area contributed by atoms with E-state index in [-0.39, 0.29) is 12.2 Å². The lowest BCUT2D eigenvalue weighted by molar-refractivity contribution is -0.121. The van der Waals surface area contributed by atoms with E-state index in [0.717, 1.165) is 20.9 Å². The van der Waals surface area contributed by atoms with Crippen molar-refractivity contribution in [3.8, 4) is 5.75 Å². The maximum Gasteiger partial charge on any atom is 0.343 e. The molecule has 1 saturated heterocycles. The Morgan fingerprint density at radius 2 is 1.34 bits per heavy atom. The number of hydrogen-bond donors (Lipinski definition) is 0. The zero-order valence-electron chi connectivity index (χ0n) is 20.5. The van der Waals surface area contributed by atoms with Crippen LogP contribution in [0.3, 0.4) is 0 Å². The molecular weight excluding hydrogens is 500 g/mol. The van der Waals surface area contributed by atoms with E-state index in [0.29, 0.717) is 27.7 Å². The Bertz CT molecular complexity index is 1490. The topological polar surface area (TPSA) is 66.9 Å². The van der Waals surface area contributed by atoms with Crippen LogP contribution in [0.2, 0.25) is 5.02 Å². The van der Waals surface area contributed by atoms with E-state index in [2.05, 4.69) is 0 Å². The first-order chi connectivity index (χ1) is 18.4. The zero-order chi connectivity index (χ0) is 26.6. The molecule has 0 unspecified atom stereocenters. The number of urea groups is 1. The number of halogens is 1. The minimum Gasteiger partial charge on any atom is -0.488 e. The number of anilines is 2. The van der Waals surface area contributed by atoms with Gasteiger partial charge in [-0.2, -0.15) is 0 Å². The van der Waals surface area contributed by atoms with Gasteiger partial charge in [0.2, 0.25) is 0 Å². The third kappa shape index (κ3) is 5.08. The van der Waals surface area contributed by atoms with Crippen molar-refractivity contribution < 1.29 is 19.1 Å². The Morgan fingerprint density at radius 3 is 1.92 bits per heavy atom. The van der Waals surface area contributed by atoms with Gasteiger partial charge in [-0.3, -0.25) is 9.59 Å². The Morgan fingerprint density at radius 1 is 0.737 bits per heavy atom. The number of barbiturate groups is 1. The molecule has 7 heteroatoms. The highest BCUT2D eigenvalue weighted by molar-refractivity contribution is 6.46. The average molecular weight is 523 g/mol. The fraction of sp³-hybridized carbons (Fsp3) is 0.0645. The molecule has 1 fully saturated rings. The van der Waals surface area contributed by atoms with Crippen LogP contribution < -0.4 is 14.5 Å².